The third-order valence-electron chi connectivity index (χ3n) is 2.28. The van der Waals surface area contributed by atoms with Crippen LogP contribution in [-0.2, 0) is 0 Å². The Morgan fingerprint density at radius 2 is 2.25 bits per heavy atom. The number of hydrogen-bond donors (Lipinski definition) is 1. The van der Waals surface area contributed by atoms with Crippen molar-refractivity contribution in [1.29, 1.82) is 0 Å². The number of pyridine rings is 1. The smallest absolute Gasteiger partial charge is 0.116 e. The maximum absolute atomic E-state index is 4.33. The van der Waals surface area contributed by atoms with E-state index >= 15 is 0 Å². The van der Waals surface area contributed by atoms with E-state index in [-0.39, 0.29) is 6.04 Å². The molecule has 5 heteroatoms. The highest BCUT2D eigenvalue weighted by molar-refractivity contribution is 9.11. The van der Waals surface area contributed by atoms with Crippen molar-refractivity contribution in [2.45, 2.75) is 19.9 Å². The molecule has 0 amide bonds. The molecule has 1 atom stereocenters. The number of aryl methyl sites for hydroxylation is 1. The molecule has 16 heavy (non-hydrogen) atoms. The molecule has 0 aliphatic heterocycles. The standard InChI is InChI=1S/C11H12BrN3S/c1-7-3-4-13-5-9(7)15-8(2)11-14-6-10(12)16-11/h3-6,8,15H,1-2H3. The lowest BCUT2D eigenvalue weighted by Crippen LogP contribution is -2.07. The lowest BCUT2D eigenvalue weighted by molar-refractivity contribution is 0.866. The van der Waals surface area contributed by atoms with Crippen LogP contribution in [-0.4, -0.2) is 9.97 Å². The average molecular weight is 298 g/mol. The molecular weight excluding hydrogens is 286 g/mol. The van der Waals surface area contributed by atoms with Crippen LogP contribution in [0.3, 0.4) is 0 Å². The number of aromatic nitrogens is 2. The Morgan fingerprint density at radius 3 is 2.88 bits per heavy atom. The summed E-state index contributed by atoms with van der Waals surface area (Å²) in [6.45, 7) is 4.16. The first-order chi connectivity index (χ1) is 7.66. The summed E-state index contributed by atoms with van der Waals surface area (Å²) in [6, 6.07) is 2.19. The zero-order valence-electron chi connectivity index (χ0n) is 9.07. The largest absolute Gasteiger partial charge is 0.375 e. The van der Waals surface area contributed by atoms with E-state index in [0.717, 1.165) is 14.5 Å². The molecule has 0 spiro atoms. The van der Waals surface area contributed by atoms with Gasteiger partial charge in [-0.3, -0.25) is 4.98 Å². The fraction of sp³-hybridized carbons (Fsp3) is 0.273. The topological polar surface area (TPSA) is 37.8 Å². The Morgan fingerprint density at radius 1 is 1.44 bits per heavy atom. The summed E-state index contributed by atoms with van der Waals surface area (Å²) in [7, 11) is 0. The lowest BCUT2D eigenvalue weighted by atomic mass is 10.2. The predicted molar refractivity (Wildman–Crippen MR) is 70.8 cm³/mol. The third kappa shape index (κ3) is 2.59. The van der Waals surface area contributed by atoms with E-state index in [4.69, 9.17) is 0 Å². The van der Waals surface area contributed by atoms with Crippen molar-refractivity contribution in [3.8, 4) is 0 Å². The molecule has 0 bridgehead atoms. The minimum atomic E-state index is 0.194. The Hall–Kier alpha value is -0.940. The third-order valence-corrected chi connectivity index (χ3v) is 3.94. The molecule has 0 fully saturated rings. The second-order valence-electron chi connectivity index (χ2n) is 3.56. The average Bonchev–Trinajstić information content (AvgIpc) is 2.68. The van der Waals surface area contributed by atoms with Crippen molar-refractivity contribution in [3.63, 3.8) is 0 Å². The van der Waals surface area contributed by atoms with Gasteiger partial charge in [0.1, 0.15) is 5.01 Å². The number of hydrogen-bond acceptors (Lipinski definition) is 4. The molecule has 84 valence electrons. The van der Waals surface area contributed by atoms with Crippen molar-refractivity contribution >= 4 is 33.0 Å². The molecule has 2 aromatic rings. The van der Waals surface area contributed by atoms with Crippen LogP contribution in [0.5, 0.6) is 0 Å². The summed E-state index contributed by atoms with van der Waals surface area (Å²) in [5.41, 5.74) is 2.25. The van der Waals surface area contributed by atoms with E-state index in [2.05, 4.69) is 45.1 Å². The number of anilines is 1. The molecule has 0 aliphatic rings. The second kappa shape index (κ2) is 4.93. The SMILES string of the molecule is Cc1ccncc1NC(C)c1ncc(Br)s1. The van der Waals surface area contributed by atoms with Crippen LogP contribution < -0.4 is 5.32 Å². The summed E-state index contributed by atoms with van der Waals surface area (Å²) in [5, 5.41) is 4.47. The molecule has 3 nitrogen and oxygen atoms in total. The molecule has 0 aliphatic carbocycles. The molecule has 0 saturated carbocycles. The van der Waals surface area contributed by atoms with E-state index in [9.17, 15) is 0 Å². The minimum absolute atomic E-state index is 0.194. The molecule has 2 aromatic heterocycles. The van der Waals surface area contributed by atoms with Gasteiger partial charge in [0.25, 0.3) is 0 Å². The first-order valence-corrected chi connectivity index (χ1v) is 6.56. The van der Waals surface area contributed by atoms with Gasteiger partial charge in [-0.2, -0.15) is 0 Å². The van der Waals surface area contributed by atoms with Crippen LogP contribution in [0.25, 0.3) is 0 Å². The highest BCUT2D eigenvalue weighted by atomic mass is 79.9. The number of thiazole rings is 1. The van der Waals surface area contributed by atoms with Gasteiger partial charge in [-0.05, 0) is 41.4 Å². The fourth-order valence-corrected chi connectivity index (χ4v) is 2.62. The first-order valence-electron chi connectivity index (χ1n) is 4.95. The van der Waals surface area contributed by atoms with Crippen molar-refractivity contribution in [2.75, 3.05) is 5.32 Å². The van der Waals surface area contributed by atoms with Crippen LogP contribution in [0.1, 0.15) is 23.5 Å². The monoisotopic (exact) mass is 297 g/mol. The highest BCUT2D eigenvalue weighted by Gasteiger charge is 2.10. The Kier molecular flexibility index (Phi) is 3.56. The van der Waals surface area contributed by atoms with E-state index < -0.39 is 0 Å². The quantitative estimate of drug-likeness (QED) is 0.937. The van der Waals surface area contributed by atoms with Crippen molar-refractivity contribution in [2.24, 2.45) is 0 Å². The second-order valence-corrected chi connectivity index (χ2v) is 6.00. The summed E-state index contributed by atoms with van der Waals surface area (Å²) < 4.78 is 1.05. The highest BCUT2D eigenvalue weighted by Crippen LogP contribution is 2.27. The van der Waals surface area contributed by atoms with Crippen LogP contribution >= 0.6 is 27.3 Å². The number of nitrogens with one attached hydrogen (secondary N) is 1. The summed E-state index contributed by atoms with van der Waals surface area (Å²) in [4.78, 5) is 8.44. The van der Waals surface area contributed by atoms with Gasteiger partial charge in [-0.15, -0.1) is 11.3 Å². The van der Waals surface area contributed by atoms with Crippen LogP contribution in [0.15, 0.2) is 28.4 Å². The van der Waals surface area contributed by atoms with Crippen LogP contribution in [0, 0.1) is 6.92 Å². The number of nitrogens with zero attached hydrogens (tertiary/aromatic N) is 2. The zero-order chi connectivity index (χ0) is 11.5. The Balaban J connectivity index is 2.13. The van der Waals surface area contributed by atoms with E-state index in [1.807, 2.05) is 18.5 Å². The molecular formula is C11H12BrN3S. The van der Waals surface area contributed by atoms with E-state index in [1.54, 1.807) is 17.5 Å². The first kappa shape index (κ1) is 11.5. The molecule has 1 N–H and O–H groups in total. The van der Waals surface area contributed by atoms with Crippen LogP contribution in [0.2, 0.25) is 0 Å². The van der Waals surface area contributed by atoms with Gasteiger partial charge in [0, 0.05) is 6.20 Å². The molecule has 1 unspecified atom stereocenters. The van der Waals surface area contributed by atoms with Gasteiger partial charge in [-0.1, -0.05) is 0 Å². The lowest BCUT2D eigenvalue weighted by Gasteiger charge is -2.13. The minimum Gasteiger partial charge on any atom is -0.375 e. The molecule has 2 rings (SSSR count). The van der Waals surface area contributed by atoms with Gasteiger partial charge >= 0.3 is 0 Å². The van der Waals surface area contributed by atoms with Gasteiger partial charge in [0.15, 0.2) is 0 Å². The van der Waals surface area contributed by atoms with Gasteiger partial charge in [0.05, 0.1) is 27.9 Å². The van der Waals surface area contributed by atoms with E-state index in [1.165, 1.54) is 5.56 Å². The predicted octanol–water partition coefficient (Wildman–Crippen LogP) is 3.78. The fourth-order valence-electron chi connectivity index (χ4n) is 1.38. The maximum atomic E-state index is 4.33. The molecule has 2 heterocycles. The summed E-state index contributed by atoms with van der Waals surface area (Å²) in [6.07, 6.45) is 5.47. The summed E-state index contributed by atoms with van der Waals surface area (Å²) in [5.74, 6) is 0. The molecule has 0 radical (unpaired) electrons. The Bertz CT molecular complexity index is 484. The maximum Gasteiger partial charge on any atom is 0.116 e. The molecule has 0 aromatic carbocycles. The van der Waals surface area contributed by atoms with Crippen molar-refractivity contribution in [3.05, 3.63) is 39.0 Å². The van der Waals surface area contributed by atoms with E-state index in [0.29, 0.717) is 0 Å². The summed E-state index contributed by atoms with van der Waals surface area (Å²) >= 11 is 5.06. The number of halogens is 1. The van der Waals surface area contributed by atoms with Gasteiger partial charge < -0.3 is 5.32 Å². The zero-order valence-corrected chi connectivity index (χ0v) is 11.5. The normalized spacial score (nSPS) is 12.4. The Labute approximate surface area is 107 Å². The molecule has 0 saturated heterocycles. The number of rotatable bonds is 3. The van der Waals surface area contributed by atoms with Crippen molar-refractivity contribution < 1.29 is 0 Å². The van der Waals surface area contributed by atoms with Crippen molar-refractivity contribution in [1.82, 2.24) is 9.97 Å². The van der Waals surface area contributed by atoms with Crippen LogP contribution in [0.4, 0.5) is 5.69 Å². The van der Waals surface area contributed by atoms with Gasteiger partial charge in [0.2, 0.25) is 0 Å². The van der Waals surface area contributed by atoms with Gasteiger partial charge in [-0.25, -0.2) is 4.98 Å².